The van der Waals surface area contributed by atoms with Crippen LogP contribution in [0.25, 0.3) is 0 Å². The first-order valence-electron chi connectivity index (χ1n) is 12.4. The van der Waals surface area contributed by atoms with Crippen LogP contribution in [0, 0.1) is 0 Å². The number of esters is 1. The van der Waals surface area contributed by atoms with Gasteiger partial charge in [-0.1, -0.05) is 37.5 Å². The first-order valence-corrected chi connectivity index (χ1v) is 13.3. The van der Waals surface area contributed by atoms with Gasteiger partial charge in [-0.15, -0.1) is 11.8 Å². The number of ether oxygens (including phenoxy) is 2. The van der Waals surface area contributed by atoms with Gasteiger partial charge in [0.15, 0.2) is 6.10 Å². The molecule has 0 N–H and O–H groups in total. The predicted octanol–water partition coefficient (Wildman–Crippen LogP) is 5.42. The Bertz CT molecular complexity index is 1030. The van der Waals surface area contributed by atoms with Gasteiger partial charge < -0.3 is 19.3 Å². The topological polar surface area (TPSA) is 59.1 Å². The van der Waals surface area contributed by atoms with E-state index in [-0.39, 0.29) is 11.2 Å². The average molecular weight is 497 g/mol. The summed E-state index contributed by atoms with van der Waals surface area (Å²) in [6.45, 7) is 2.60. The normalized spacial score (nSPS) is 20.9. The zero-order chi connectivity index (χ0) is 24.9. The van der Waals surface area contributed by atoms with Crippen LogP contribution in [0.3, 0.4) is 0 Å². The van der Waals surface area contributed by atoms with Crippen molar-refractivity contribution in [1.82, 2.24) is 4.90 Å². The molecule has 0 saturated heterocycles. The summed E-state index contributed by atoms with van der Waals surface area (Å²) >= 11 is 1.62. The number of hydrogen-bond acceptors (Lipinski definition) is 6. The van der Waals surface area contributed by atoms with Crippen LogP contribution >= 0.6 is 11.8 Å². The first-order chi connectivity index (χ1) is 16.9. The number of likely N-dealkylation sites (N-methyl/N-ethyl adjacent to an activating group) is 1. The lowest BCUT2D eigenvalue weighted by atomic mass is 9.84. The molecule has 0 bridgehead atoms. The summed E-state index contributed by atoms with van der Waals surface area (Å²) < 4.78 is 11.1. The molecule has 1 saturated carbocycles. The van der Waals surface area contributed by atoms with Crippen LogP contribution in [-0.4, -0.2) is 57.2 Å². The molecule has 0 unspecified atom stereocenters. The number of methoxy groups -OCH3 is 1. The number of anilines is 1. The van der Waals surface area contributed by atoms with Crippen molar-refractivity contribution in [1.29, 1.82) is 0 Å². The molecule has 2 atom stereocenters. The average Bonchev–Trinajstić information content (AvgIpc) is 2.97. The molecule has 1 heterocycles. The summed E-state index contributed by atoms with van der Waals surface area (Å²) in [5.74, 6) is 0.672. The molecule has 35 heavy (non-hydrogen) atoms. The number of carbonyl (C=O) groups is 2. The third-order valence-corrected chi connectivity index (χ3v) is 8.25. The van der Waals surface area contributed by atoms with Crippen molar-refractivity contribution >= 4 is 29.3 Å². The number of thioether (sulfide) groups is 1. The number of hydrogen-bond donors (Lipinski definition) is 0. The Morgan fingerprint density at radius 1 is 1.06 bits per heavy atom. The van der Waals surface area contributed by atoms with Gasteiger partial charge in [0, 0.05) is 24.9 Å². The molecule has 2 aromatic carbocycles. The van der Waals surface area contributed by atoms with Gasteiger partial charge in [0.2, 0.25) is 0 Å². The Morgan fingerprint density at radius 3 is 2.37 bits per heavy atom. The van der Waals surface area contributed by atoms with E-state index in [2.05, 4.69) is 23.1 Å². The van der Waals surface area contributed by atoms with Gasteiger partial charge >= 0.3 is 5.97 Å². The van der Waals surface area contributed by atoms with Gasteiger partial charge in [0.05, 0.1) is 18.0 Å². The summed E-state index contributed by atoms with van der Waals surface area (Å²) in [5.41, 5.74) is 3.17. The maximum Gasteiger partial charge on any atom is 0.303 e. The van der Waals surface area contributed by atoms with E-state index in [4.69, 9.17) is 9.47 Å². The van der Waals surface area contributed by atoms with Crippen LogP contribution in [0.5, 0.6) is 5.75 Å². The van der Waals surface area contributed by atoms with Crippen LogP contribution in [0.15, 0.2) is 47.4 Å². The maximum absolute atomic E-state index is 13.9. The lowest BCUT2D eigenvalue weighted by Gasteiger charge is -2.28. The molecular weight excluding hydrogens is 460 g/mol. The van der Waals surface area contributed by atoms with Crippen LogP contribution in [0.1, 0.15) is 61.3 Å². The van der Waals surface area contributed by atoms with Crippen molar-refractivity contribution in [2.24, 2.45) is 0 Å². The largest absolute Gasteiger partial charge is 0.497 e. The molecular formula is C28H36N2O4S. The van der Waals surface area contributed by atoms with Gasteiger partial charge in [-0.05, 0) is 68.2 Å². The molecule has 6 nitrogen and oxygen atoms in total. The van der Waals surface area contributed by atoms with E-state index in [1.165, 1.54) is 44.6 Å². The van der Waals surface area contributed by atoms with Gasteiger partial charge in [-0.2, -0.15) is 0 Å². The fourth-order valence-corrected chi connectivity index (χ4v) is 6.36. The van der Waals surface area contributed by atoms with E-state index in [0.717, 1.165) is 21.9 Å². The fourth-order valence-electron chi connectivity index (χ4n) is 5.00. The Balaban J connectivity index is 1.78. The highest BCUT2D eigenvalue weighted by molar-refractivity contribution is 7.99. The molecule has 2 aliphatic rings. The molecule has 4 rings (SSSR count). The monoisotopic (exact) mass is 496 g/mol. The van der Waals surface area contributed by atoms with Crippen molar-refractivity contribution in [2.75, 3.05) is 39.2 Å². The number of carbonyl (C=O) groups excluding carboxylic acids is 2. The highest BCUT2D eigenvalue weighted by Crippen LogP contribution is 2.48. The molecule has 188 valence electrons. The third kappa shape index (κ3) is 6.01. The second kappa shape index (κ2) is 11.5. The molecule has 1 aliphatic carbocycles. The lowest BCUT2D eigenvalue weighted by Crippen LogP contribution is -2.45. The first kappa shape index (κ1) is 25.6. The van der Waals surface area contributed by atoms with Crippen molar-refractivity contribution in [3.63, 3.8) is 0 Å². The summed E-state index contributed by atoms with van der Waals surface area (Å²) in [5, 5.41) is -0.359. The molecule has 0 aromatic heterocycles. The summed E-state index contributed by atoms with van der Waals surface area (Å²) in [6.07, 6.45) is 5.36. The highest BCUT2D eigenvalue weighted by atomic mass is 32.2. The van der Waals surface area contributed by atoms with Crippen LogP contribution in [0.2, 0.25) is 0 Å². The van der Waals surface area contributed by atoms with Gasteiger partial charge in [0.1, 0.15) is 5.75 Å². The SMILES string of the molecule is COc1ccc([C@H]2Sc3cc(C4CCCCC4)ccc3N(CCN(C)C)C(=O)[C@H]2OC(C)=O)cc1. The Kier molecular flexibility index (Phi) is 8.39. The smallest absolute Gasteiger partial charge is 0.303 e. The summed E-state index contributed by atoms with van der Waals surface area (Å²) in [7, 11) is 5.62. The number of benzene rings is 2. The lowest BCUT2D eigenvalue weighted by molar-refractivity contribution is -0.152. The highest BCUT2D eigenvalue weighted by Gasteiger charge is 2.41. The molecule has 0 radical (unpaired) electrons. The van der Waals surface area contributed by atoms with E-state index in [1.54, 1.807) is 18.9 Å². The quantitative estimate of drug-likeness (QED) is 0.478. The minimum absolute atomic E-state index is 0.181. The zero-order valence-corrected chi connectivity index (χ0v) is 22.0. The zero-order valence-electron chi connectivity index (χ0n) is 21.2. The van der Waals surface area contributed by atoms with E-state index in [1.807, 2.05) is 43.3 Å². The maximum atomic E-state index is 13.9. The Morgan fingerprint density at radius 2 is 1.74 bits per heavy atom. The summed E-state index contributed by atoms with van der Waals surface area (Å²) in [4.78, 5) is 31.0. The van der Waals surface area contributed by atoms with E-state index in [9.17, 15) is 9.59 Å². The second-order valence-corrected chi connectivity index (χ2v) is 10.9. The summed E-state index contributed by atoms with van der Waals surface area (Å²) in [6, 6.07) is 14.3. The Labute approximate surface area is 213 Å². The van der Waals surface area contributed by atoms with E-state index < -0.39 is 12.1 Å². The number of rotatable bonds is 7. The predicted molar refractivity (Wildman–Crippen MR) is 140 cm³/mol. The minimum atomic E-state index is -0.918. The van der Waals surface area contributed by atoms with Gasteiger partial charge in [-0.3, -0.25) is 9.59 Å². The van der Waals surface area contributed by atoms with Gasteiger partial charge in [0.25, 0.3) is 5.91 Å². The van der Waals surface area contributed by atoms with Crippen molar-refractivity contribution in [3.05, 3.63) is 53.6 Å². The standard InChI is InChI=1S/C28H36N2O4S/c1-19(31)34-26-27(21-10-13-23(33-4)14-11-21)35-25-18-22(20-8-6-5-7-9-20)12-15-24(25)30(28(26)32)17-16-29(2)3/h10-15,18,20,26-27H,5-9,16-17H2,1-4H3/t26-,27+/m0/s1. The van der Waals surface area contributed by atoms with E-state index >= 15 is 0 Å². The second-order valence-electron chi connectivity index (χ2n) is 9.70. The Hall–Kier alpha value is -2.51. The number of fused-ring (bicyclic) bond motifs is 1. The van der Waals surface area contributed by atoms with E-state index in [0.29, 0.717) is 19.0 Å². The minimum Gasteiger partial charge on any atom is -0.497 e. The van der Waals surface area contributed by atoms with Crippen LogP contribution < -0.4 is 9.64 Å². The third-order valence-electron chi connectivity index (χ3n) is 6.90. The molecule has 1 aliphatic heterocycles. The molecule has 0 spiro atoms. The number of nitrogens with zero attached hydrogens (tertiary/aromatic N) is 2. The fraction of sp³-hybridized carbons (Fsp3) is 0.500. The van der Waals surface area contributed by atoms with Crippen molar-refractivity contribution in [3.8, 4) is 5.75 Å². The van der Waals surface area contributed by atoms with Crippen molar-refractivity contribution in [2.45, 2.75) is 61.2 Å². The molecule has 1 fully saturated rings. The molecule has 7 heteroatoms. The van der Waals surface area contributed by atoms with Crippen molar-refractivity contribution < 1.29 is 19.1 Å². The molecule has 2 aromatic rings. The van der Waals surface area contributed by atoms with Crippen LogP contribution in [-0.2, 0) is 14.3 Å². The molecule has 1 amide bonds. The van der Waals surface area contributed by atoms with Gasteiger partial charge in [-0.25, -0.2) is 0 Å². The van der Waals surface area contributed by atoms with Crippen LogP contribution in [0.4, 0.5) is 5.69 Å². The number of amides is 1.